The molecule has 6 nitrogen and oxygen atoms in total. The van der Waals surface area contributed by atoms with Gasteiger partial charge < -0.3 is 18.9 Å². The maximum Gasteiger partial charge on any atom is 0.338 e. The summed E-state index contributed by atoms with van der Waals surface area (Å²) in [5.41, 5.74) is 5.46. The van der Waals surface area contributed by atoms with Crippen LogP contribution in [0.1, 0.15) is 119 Å². The highest BCUT2D eigenvalue weighted by molar-refractivity contribution is 5.90. The number of carbonyl (C=O) groups excluding carboxylic acids is 2. The second-order valence-corrected chi connectivity index (χ2v) is 14.3. The van der Waals surface area contributed by atoms with Gasteiger partial charge in [0, 0.05) is 0 Å². The number of carbonyl (C=O) groups is 2. The fraction of sp³-hybridized carbons (Fsp3) is 0.447. The van der Waals surface area contributed by atoms with E-state index >= 15 is 0 Å². The molecule has 6 heteroatoms. The minimum Gasteiger partial charge on any atom is -0.494 e. The first-order chi connectivity index (χ1) is 25.9. The zero-order valence-electron chi connectivity index (χ0n) is 32.4. The van der Waals surface area contributed by atoms with Gasteiger partial charge in [0.2, 0.25) is 0 Å². The highest BCUT2D eigenvalue weighted by Crippen LogP contribution is 2.25. The minimum absolute atomic E-state index is 0.266. The standard InChI is InChI=1S/C47H60O6/c1-5-36(3)34-52-46(48)42-20-16-38(17-21-42)40-24-28-44(29-25-40)50-32-14-12-10-8-7-9-11-13-15-33-51-45-30-26-41(27-31-45)39-18-22-43(23-19-39)47(49)53-35-37(4)6-2/h16-31,36-37H,5-15,32-35H2,1-4H3/t36-,37-/m0/s1. The van der Waals surface area contributed by atoms with E-state index in [1.54, 1.807) is 0 Å². The summed E-state index contributed by atoms with van der Waals surface area (Å²) in [4.78, 5) is 24.6. The molecule has 0 aliphatic rings. The molecular weight excluding hydrogens is 661 g/mol. The monoisotopic (exact) mass is 720 g/mol. The Morgan fingerprint density at radius 1 is 0.434 bits per heavy atom. The average molecular weight is 721 g/mol. The predicted octanol–water partition coefficient (Wildman–Crippen LogP) is 12.4. The van der Waals surface area contributed by atoms with Crippen LogP contribution in [0.5, 0.6) is 11.5 Å². The Labute approximate surface area is 318 Å². The Kier molecular flexibility index (Phi) is 18.0. The third kappa shape index (κ3) is 14.8. The van der Waals surface area contributed by atoms with Crippen molar-refractivity contribution in [3.05, 3.63) is 108 Å². The Morgan fingerprint density at radius 2 is 0.717 bits per heavy atom. The number of esters is 2. The molecule has 284 valence electrons. The zero-order chi connectivity index (χ0) is 37.7. The summed E-state index contributed by atoms with van der Waals surface area (Å²) in [5, 5.41) is 0. The van der Waals surface area contributed by atoms with Crippen molar-refractivity contribution in [3.63, 3.8) is 0 Å². The van der Waals surface area contributed by atoms with E-state index in [0.29, 0.717) is 36.2 Å². The Morgan fingerprint density at radius 3 is 1.02 bits per heavy atom. The summed E-state index contributed by atoms with van der Waals surface area (Å²) >= 11 is 0. The fourth-order valence-corrected chi connectivity index (χ4v) is 5.74. The highest BCUT2D eigenvalue weighted by Gasteiger charge is 2.11. The van der Waals surface area contributed by atoms with Crippen LogP contribution in [0.2, 0.25) is 0 Å². The molecule has 0 unspecified atom stereocenters. The normalized spacial score (nSPS) is 12.2. The third-order valence-electron chi connectivity index (χ3n) is 9.83. The molecule has 0 N–H and O–H groups in total. The third-order valence-corrected chi connectivity index (χ3v) is 9.83. The van der Waals surface area contributed by atoms with Crippen LogP contribution in [0, 0.1) is 11.8 Å². The first-order valence-electron chi connectivity index (χ1n) is 19.9. The van der Waals surface area contributed by atoms with Gasteiger partial charge in [-0.2, -0.15) is 0 Å². The molecule has 0 radical (unpaired) electrons. The van der Waals surface area contributed by atoms with E-state index in [1.807, 2.05) is 72.8 Å². The number of benzene rings is 4. The minimum atomic E-state index is -0.266. The first kappa shape index (κ1) is 41.2. The van der Waals surface area contributed by atoms with Crippen molar-refractivity contribution >= 4 is 11.9 Å². The summed E-state index contributed by atoms with van der Waals surface area (Å²) < 4.78 is 22.8. The molecule has 0 bridgehead atoms. The SMILES string of the molecule is CC[C@H](C)COC(=O)c1ccc(-c2ccc(OCCCCCCCCCCCOc3ccc(-c4ccc(C(=O)OC[C@@H](C)CC)cc4)cc3)cc2)cc1. The van der Waals surface area contributed by atoms with E-state index in [1.165, 1.54) is 44.9 Å². The van der Waals surface area contributed by atoms with E-state index in [9.17, 15) is 9.59 Å². The molecule has 4 aromatic carbocycles. The molecule has 0 saturated heterocycles. The van der Waals surface area contributed by atoms with Crippen molar-refractivity contribution in [1.29, 1.82) is 0 Å². The van der Waals surface area contributed by atoms with Crippen LogP contribution in [0.3, 0.4) is 0 Å². The lowest BCUT2D eigenvalue weighted by atomic mass is 10.0. The quantitative estimate of drug-likeness (QED) is 0.0530. The number of unbranched alkanes of at least 4 members (excludes halogenated alkanes) is 8. The molecule has 0 spiro atoms. The van der Waals surface area contributed by atoms with Crippen molar-refractivity contribution in [2.75, 3.05) is 26.4 Å². The van der Waals surface area contributed by atoms with Gasteiger partial charge in [0.15, 0.2) is 0 Å². The van der Waals surface area contributed by atoms with E-state index in [2.05, 4.69) is 52.0 Å². The topological polar surface area (TPSA) is 71.1 Å². The molecular formula is C47H60O6. The van der Waals surface area contributed by atoms with Crippen molar-refractivity contribution in [2.24, 2.45) is 11.8 Å². The summed E-state index contributed by atoms with van der Waals surface area (Å²) in [6.45, 7) is 10.7. The second kappa shape index (κ2) is 23.2. The van der Waals surface area contributed by atoms with Gasteiger partial charge in [-0.3, -0.25) is 0 Å². The predicted molar refractivity (Wildman–Crippen MR) is 216 cm³/mol. The van der Waals surface area contributed by atoms with E-state index in [-0.39, 0.29) is 11.9 Å². The van der Waals surface area contributed by atoms with Gasteiger partial charge in [-0.05, 0) is 95.5 Å². The van der Waals surface area contributed by atoms with Crippen molar-refractivity contribution < 1.29 is 28.5 Å². The van der Waals surface area contributed by atoms with Crippen molar-refractivity contribution in [2.45, 2.75) is 98.3 Å². The largest absolute Gasteiger partial charge is 0.494 e. The van der Waals surface area contributed by atoms with Crippen LogP contribution in [0.25, 0.3) is 22.3 Å². The number of hydrogen-bond donors (Lipinski definition) is 0. The highest BCUT2D eigenvalue weighted by atomic mass is 16.5. The molecule has 2 atom stereocenters. The lowest BCUT2D eigenvalue weighted by Gasteiger charge is -2.10. The average Bonchev–Trinajstić information content (AvgIpc) is 3.21. The zero-order valence-corrected chi connectivity index (χ0v) is 32.4. The van der Waals surface area contributed by atoms with E-state index in [4.69, 9.17) is 18.9 Å². The van der Waals surface area contributed by atoms with Crippen LogP contribution >= 0.6 is 0 Å². The molecule has 0 fully saturated rings. The van der Waals surface area contributed by atoms with Gasteiger partial charge in [0.1, 0.15) is 11.5 Å². The molecule has 4 rings (SSSR count). The molecule has 0 aliphatic heterocycles. The fourth-order valence-electron chi connectivity index (χ4n) is 5.74. The summed E-state index contributed by atoms with van der Waals surface area (Å²) in [6, 6.07) is 31.5. The molecule has 53 heavy (non-hydrogen) atoms. The van der Waals surface area contributed by atoms with Gasteiger partial charge in [-0.1, -0.05) is 134 Å². The molecule has 0 heterocycles. The molecule has 0 amide bonds. The maximum atomic E-state index is 12.3. The Balaban J connectivity index is 0.986. The van der Waals surface area contributed by atoms with E-state index in [0.717, 1.165) is 72.6 Å². The van der Waals surface area contributed by atoms with E-state index < -0.39 is 0 Å². The summed E-state index contributed by atoms with van der Waals surface area (Å²) in [5.74, 6) is 1.98. The number of ether oxygens (including phenoxy) is 4. The Bertz CT molecular complexity index is 1490. The molecule has 4 aromatic rings. The van der Waals surface area contributed by atoms with Crippen LogP contribution in [0.15, 0.2) is 97.1 Å². The van der Waals surface area contributed by atoms with Crippen LogP contribution < -0.4 is 9.47 Å². The molecule has 0 aromatic heterocycles. The second-order valence-electron chi connectivity index (χ2n) is 14.3. The van der Waals surface area contributed by atoms with Crippen molar-refractivity contribution in [3.8, 4) is 33.8 Å². The van der Waals surface area contributed by atoms with Crippen molar-refractivity contribution in [1.82, 2.24) is 0 Å². The van der Waals surface area contributed by atoms with Gasteiger partial charge >= 0.3 is 11.9 Å². The molecule has 0 saturated carbocycles. The lowest BCUT2D eigenvalue weighted by molar-refractivity contribution is 0.0438. The summed E-state index contributed by atoms with van der Waals surface area (Å²) in [7, 11) is 0. The maximum absolute atomic E-state index is 12.3. The van der Waals surface area contributed by atoms with Gasteiger partial charge in [-0.25, -0.2) is 9.59 Å². The summed E-state index contributed by atoms with van der Waals surface area (Å²) in [6.07, 6.45) is 12.8. The molecule has 0 aliphatic carbocycles. The Hall–Kier alpha value is -4.58. The van der Waals surface area contributed by atoms with Crippen LogP contribution in [-0.4, -0.2) is 38.4 Å². The first-order valence-corrected chi connectivity index (χ1v) is 19.9. The van der Waals surface area contributed by atoms with Crippen LogP contribution in [-0.2, 0) is 9.47 Å². The van der Waals surface area contributed by atoms with Gasteiger partial charge in [-0.15, -0.1) is 0 Å². The lowest BCUT2D eigenvalue weighted by Crippen LogP contribution is -2.11. The number of hydrogen-bond acceptors (Lipinski definition) is 6. The smallest absolute Gasteiger partial charge is 0.338 e. The van der Waals surface area contributed by atoms with Gasteiger partial charge in [0.25, 0.3) is 0 Å². The number of rotatable bonds is 24. The van der Waals surface area contributed by atoms with Gasteiger partial charge in [0.05, 0.1) is 37.6 Å². The van der Waals surface area contributed by atoms with Crippen LogP contribution in [0.4, 0.5) is 0 Å².